The summed E-state index contributed by atoms with van der Waals surface area (Å²) in [6, 6.07) is 7.78. The van der Waals surface area contributed by atoms with Crippen LogP contribution in [0.5, 0.6) is 0 Å². The number of rotatable bonds is 7. The van der Waals surface area contributed by atoms with Gasteiger partial charge in [0.2, 0.25) is 0 Å². The number of unbranched alkanes of at least 4 members (excludes halogenated alkanes) is 2. The maximum atomic E-state index is 5.46. The summed E-state index contributed by atoms with van der Waals surface area (Å²) in [5, 5.41) is 3.20. The molecule has 1 rings (SSSR count). The van der Waals surface area contributed by atoms with Crippen LogP contribution >= 0.6 is 12.2 Å². The molecule has 0 heterocycles. The average Bonchev–Trinajstić information content (AvgIpc) is 2.30. The predicted octanol–water partition coefficient (Wildman–Crippen LogP) is 2.45. The van der Waals surface area contributed by atoms with Crippen LogP contribution in [0.2, 0.25) is 0 Å². The van der Waals surface area contributed by atoms with Crippen molar-refractivity contribution in [2.75, 3.05) is 17.3 Å². The first-order valence-corrected chi connectivity index (χ1v) is 6.29. The Bertz CT molecular complexity index is 354. The van der Waals surface area contributed by atoms with Gasteiger partial charge in [0.15, 0.2) is 5.11 Å². The van der Waals surface area contributed by atoms with Gasteiger partial charge in [-0.15, -0.1) is 0 Å². The van der Waals surface area contributed by atoms with Gasteiger partial charge in [0.1, 0.15) is 0 Å². The Kier molecular flexibility index (Phi) is 6.35. The van der Waals surface area contributed by atoms with Gasteiger partial charge in [-0.1, -0.05) is 31.9 Å². The number of benzene rings is 1. The monoisotopic (exact) mass is 252 g/mol. The van der Waals surface area contributed by atoms with E-state index < -0.39 is 0 Å². The maximum absolute atomic E-state index is 5.46. The highest BCUT2D eigenvalue weighted by Gasteiger charge is 2.00. The summed E-state index contributed by atoms with van der Waals surface area (Å²) in [5.41, 5.74) is 13.6. The lowest BCUT2D eigenvalue weighted by molar-refractivity contribution is 0.662. The van der Waals surface area contributed by atoms with Crippen molar-refractivity contribution in [3.63, 3.8) is 0 Å². The van der Waals surface area contributed by atoms with Crippen molar-refractivity contribution in [2.45, 2.75) is 26.2 Å². The minimum absolute atomic E-state index is 0.269. The fraction of sp³-hybridized carbons (Fsp3) is 0.417. The van der Waals surface area contributed by atoms with E-state index in [9.17, 15) is 0 Å². The van der Waals surface area contributed by atoms with Crippen molar-refractivity contribution in [2.24, 2.45) is 5.73 Å². The third kappa shape index (κ3) is 5.51. The maximum Gasteiger partial charge on any atom is 0.168 e. The first-order chi connectivity index (χ1) is 8.24. The fourth-order valence-corrected chi connectivity index (χ4v) is 1.56. The van der Waals surface area contributed by atoms with Gasteiger partial charge < -0.3 is 16.5 Å². The van der Waals surface area contributed by atoms with Crippen molar-refractivity contribution in [1.29, 1.82) is 0 Å². The second kappa shape index (κ2) is 7.86. The molecule has 4 nitrogen and oxygen atoms in total. The van der Waals surface area contributed by atoms with Crippen LogP contribution in [0.1, 0.15) is 26.2 Å². The molecule has 0 aliphatic rings. The van der Waals surface area contributed by atoms with Crippen LogP contribution in [0.25, 0.3) is 0 Å². The molecule has 0 saturated heterocycles. The molecule has 5 N–H and O–H groups in total. The van der Waals surface area contributed by atoms with E-state index in [-0.39, 0.29) is 5.11 Å². The smallest absolute Gasteiger partial charge is 0.168 e. The van der Waals surface area contributed by atoms with Crippen LogP contribution < -0.4 is 21.9 Å². The van der Waals surface area contributed by atoms with E-state index in [1.165, 1.54) is 12.8 Å². The molecule has 1 aromatic carbocycles. The highest BCUT2D eigenvalue weighted by Crippen LogP contribution is 2.19. The minimum Gasteiger partial charge on any atom is -0.376 e. The van der Waals surface area contributed by atoms with Crippen LogP contribution in [-0.4, -0.2) is 11.7 Å². The molecule has 0 spiro atoms. The van der Waals surface area contributed by atoms with E-state index in [0.29, 0.717) is 0 Å². The summed E-state index contributed by atoms with van der Waals surface area (Å²) in [5.74, 6) is 0. The van der Waals surface area contributed by atoms with Gasteiger partial charge in [-0.3, -0.25) is 0 Å². The molecule has 0 unspecified atom stereocenters. The highest BCUT2D eigenvalue weighted by atomic mass is 32.1. The molecule has 0 atom stereocenters. The number of hydrogen-bond acceptors (Lipinski definition) is 3. The van der Waals surface area contributed by atoms with Gasteiger partial charge >= 0.3 is 0 Å². The molecular formula is C12H20N4S. The molecule has 17 heavy (non-hydrogen) atoms. The van der Waals surface area contributed by atoms with Crippen molar-refractivity contribution < 1.29 is 0 Å². The van der Waals surface area contributed by atoms with E-state index >= 15 is 0 Å². The summed E-state index contributed by atoms with van der Waals surface area (Å²) in [6.07, 6.45) is 3.62. The van der Waals surface area contributed by atoms with Gasteiger partial charge in [-0.25, -0.2) is 5.43 Å². The van der Waals surface area contributed by atoms with Crippen LogP contribution in [0.3, 0.4) is 0 Å². The molecule has 0 aromatic heterocycles. The van der Waals surface area contributed by atoms with Crippen LogP contribution in [0.15, 0.2) is 24.3 Å². The number of anilines is 2. The second-order valence-electron chi connectivity index (χ2n) is 3.79. The normalized spacial score (nSPS) is 9.94. The average molecular weight is 252 g/mol. The van der Waals surface area contributed by atoms with Crippen LogP contribution in [0.4, 0.5) is 11.4 Å². The predicted molar refractivity (Wildman–Crippen MR) is 78.0 cm³/mol. The zero-order valence-electron chi connectivity index (χ0n) is 10.1. The molecule has 0 fully saturated rings. The number of nitrogens with one attached hydrogen (secondary N) is 3. The Labute approximate surface area is 108 Å². The van der Waals surface area contributed by atoms with Gasteiger partial charge in [0, 0.05) is 6.54 Å². The third-order valence-corrected chi connectivity index (χ3v) is 2.42. The van der Waals surface area contributed by atoms with E-state index in [1.54, 1.807) is 0 Å². The number of para-hydroxylation sites is 2. The van der Waals surface area contributed by atoms with E-state index in [4.69, 9.17) is 18.0 Å². The molecule has 0 aliphatic heterocycles. The Morgan fingerprint density at radius 2 is 1.94 bits per heavy atom. The molecule has 0 radical (unpaired) electrons. The number of hydrazine groups is 1. The van der Waals surface area contributed by atoms with E-state index in [1.807, 2.05) is 24.3 Å². The van der Waals surface area contributed by atoms with Crippen LogP contribution in [0, 0.1) is 0 Å². The van der Waals surface area contributed by atoms with E-state index in [0.717, 1.165) is 24.3 Å². The van der Waals surface area contributed by atoms with E-state index in [2.05, 4.69) is 23.1 Å². The Hall–Kier alpha value is -1.33. The lowest BCUT2D eigenvalue weighted by atomic mass is 10.2. The quantitative estimate of drug-likeness (QED) is 0.341. The van der Waals surface area contributed by atoms with Gasteiger partial charge in [-0.05, 0) is 30.8 Å². The molecule has 94 valence electrons. The Balaban J connectivity index is 2.43. The molecular weight excluding hydrogens is 232 g/mol. The number of hydrogen-bond donors (Lipinski definition) is 4. The molecule has 5 heteroatoms. The summed E-state index contributed by atoms with van der Waals surface area (Å²) >= 11 is 4.83. The zero-order chi connectivity index (χ0) is 12.5. The zero-order valence-corrected chi connectivity index (χ0v) is 10.9. The molecule has 0 aliphatic carbocycles. The summed E-state index contributed by atoms with van der Waals surface area (Å²) < 4.78 is 0. The highest BCUT2D eigenvalue weighted by molar-refractivity contribution is 7.80. The summed E-state index contributed by atoms with van der Waals surface area (Å²) in [7, 11) is 0. The Morgan fingerprint density at radius 1 is 1.24 bits per heavy atom. The van der Waals surface area contributed by atoms with Crippen LogP contribution in [-0.2, 0) is 0 Å². The largest absolute Gasteiger partial charge is 0.376 e. The Morgan fingerprint density at radius 3 is 2.59 bits per heavy atom. The number of thiocarbonyl (C=S) groups is 1. The van der Waals surface area contributed by atoms with Gasteiger partial charge in [0.05, 0.1) is 11.4 Å². The van der Waals surface area contributed by atoms with Crippen molar-refractivity contribution in [1.82, 2.24) is 5.43 Å². The molecule has 1 aromatic rings. The molecule has 0 bridgehead atoms. The second-order valence-corrected chi connectivity index (χ2v) is 4.23. The molecule has 0 amide bonds. The molecule has 0 saturated carbocycles. The van der Waals surface area contributed by atoms with Crippen molar-refractivity contribution in [3.8, 4) is 0 Å². The SMILES string of the molecule is CCCCCNNc1ccccc1NC(N)=S. The summed E-state index contributed by atoms with van der Waals surface area (Å²) in [4.78, 5) is 0. The number of nitrogens with two attached hydrogens (primary N) is 1. The standard InChI is InChI=1S/C12H20N4S/c1-2-3-6-9-14-16-11-8-5-4-7-10(11)15-12(13)17/h4-5,7-8,14,16H,2-3,6,9H2,1H3,(H3,13,15,17). The fourth-order valence-electron chi connectivity index (χ4n) is 1.45. The van der Waals surface area contributed by atoms with Gasteiger partial charge in [-0.2, -0.15) is 0 Å². The van der Waals surface area contributed by atoms with Crippen molar-refractivity contribution >= 4 is 28.7 Å². The lowest BCUT2D eigenvalue weighted by Crippen LogP contribution is -2.25. The summed E-state index contributed by atoms with van der Waals surface area (Å²) in [6.45, 7) is 3.13. The van der Waals surface area contributed by atoms with Crippen molar-refractivity contribution in [3.05, 3.63) is 24.3 Å². The third-order valence-electron chi connectivity index (χ3n) is 2.31. The first kappa shape index (κ1) is 13.7. The topological polar surface area (TPSA) is 62.1 Å². The minimum atomic E-state index is 0.269. The first-order valence-electron chi connectivity index (χ1n) is 5.88. The van der Waals surface area contributed by atoms with Gasteiger partial charge in [0.25, 0.3) is 0 Å². The lowest BCUT2D eigenvalue weighted by Gasteiger charge is -2.13.